The van der Waals surface area contributed by atoms with Crippen LogP contribution < -0.4 is 10.1 Å². The van der Waals surface area contributed by atoms with Gasteiger partial charge in [-0.05, 0) is 42.8 Å². The number of piperazine rings is 1. The SMILES string of the molecule is CCOc1ccc(NC(=O)N2CCN(Cc3cccnc3)CC2)cc1. The summed E-state index contributed by atoms with van der Waals surface area (Å²) in [6, 6.07) is 11.4. The molecule has 2 amide bonds. The van der Waals surface area contributed by atoms with Gasteiger partial charge in [-0.2, -0.15) is 0 Å². The van der Waals surface area contributed by atoms with E-state index in [4.69, 9.17) is 4.74 Å². The average Bonchev–Trinajstić information content (AvgIpc) is 2.65. The zero-order chi connectivity index (χ0) is 17.5. The van der Waals surface area contributed by atoms with Gasteiger partial charge in [-0.25, -0.2) is 4.79 Å². The van der Waals surface area contributed by atoms with E-state index >= 15 is 0 Å². The molecule has 6 heteroatoms. The van der Waals surface area contributed by atoms with Crippen LogP contribution in [0.3, 0.4) is 0 Å². The molecule has 6 nitrogen and oxygen atoms in total. The number of carbonyl (C=O) groups is 1. The third-order valence-corrected chi connectivity index (χ3v) is 4.21. The minimum absolute atomic E-state index is 0.0508. The molecule has 0 atom stereocenters. The first-order valence-corrected chi connectivity index (χ1v) is 8.64. The number of nitrogens with one attached hydrogen (secondary N) is 1. The van der Waals surface area contributed by atoms with Crippen LogP contribution in [0.1, 0.15) is 12.5 Å². The number of urea groups is 1. The smallest absolute Gasteiger partial charge is 0.321 e. The molecule has 0 aliphatic carbocycles. The molecule has 1 aliphatic heterocycles. The second-order valence-electron chi connectivity index (χ2n) is 6.01. The second-order valence-corrected chi connectivity index (χ2v) is 6.01. The molecule has 1 fully saturated rings. The zero-order valence-electron chi connectivity index (χ0n) is 14.5. The van der Waals surface area contributed by atoms with E-state index in [1.54, 1.807) is 6.20 Å². The lowest BCUT2D eigenvalue weighted by Gasteiger charge is -2.34. The summed E-state index contributed by atoms with van der Waals surface area (Å²) in [5.74, 6) is 0.810. The highest BCUT2D eigenvalue weighted by molar-refractivity contribution is 5.89. The second kappa shape index (κ2) is 8.48. The fourth-order valence-corrected chi connectivity index (χ4v) is 2.86. The van der Waals surface area contributed by atoms with Crippen molar-refractivity contribution >= 4 is 11.7 Å². The van der Waals surface area contributed by atoms with Gasteiger partial charge in [0.15, 0.2) is 0 Å². The molecule has 25 heavy (non-hydrogen) atoms. The van der Waals surface area contributed by atoms with Crippen LogP contribution >= 0.6 is 0 Å². The molecular formula is C19H24N4O2. The maximum Gasteiger partial charge on any atom is 0.321 e. The number of rotatable bonds is 5. The van der Waals surface area contributed by atoms with Gasteiger partial charge >= 0.3 is 6.03 Å². The number of hydrogen-bond donors (Lipinski definition) is 1. The predicted molar refractivity (Wildman–Crippen MR) is 97.7 cm³/mol. The van der Waals surface area contributed by atoms with Crippen LogP contribution in [0.5, 0.6) is 5.75 Å². The molecular weight excluding hydrogens is 316 g/mol. The van der Waals surface area contributed by atoms with E-state index in [1.807, 2.05) is 48.4 Å². The van der Waals surface area contributed by atoms with Gasteiger partial charge in [0.1, 0.15) is 5.75 Å². The molecule has 2 aromatic rings. The van der Waals surface area contributed by atoms with Crippen molar-refractivity contribution in [3.63, 3.8) is 0 Å². The standard InChI is InChI=1S/C19H24N4O2/c1-2-25-18-7-5-17(6-8-18)21-19(24)23-12-10-22(11-13-23)15-16-4-3-9-20-14-16/h3-9,14H,2,10-13,15H2,1H3,(H,21,24). The molecule has 0 unspecified atom stereocenters. The summed E-state index contributed by atoms with van der Waals surface area (Å²) in [5, 5.41) is 2.95. The molecule has 1 aliphatic rings. The zero-order valence-corrected chi connectivity index (χ0v) is 14.5. The maximum absolute atomic E-state index is 12.4. The number of ether oxygens (including phenoxy) is 1. The molecule has 1 aromatic heterocycles. The Morgan fingerprint density at radius 3 is 2.56 bits per heavy atom. The summed E-state index contributed by atoms with van der Waals surface area (Å²) in [7, 11) is 0. The van der Waals surface area contributed by atoms with Crippen LogP contribution in [-0.4, -0.2) is 53.6 Å². The van der Waals surface area contributed by atoms with E-state index in [0.29, 0.717) is 6.61 Å². The summed E-state index contributed by atoms with van der Waals surface area (Å²) in [6.07, 6.45) is 3.68. The summed E-state index contributed by atoms with van der Waals surface area (Å²) < 4.78 is 5.41. The molecule has 0 bridgehead atoms. The lowest BCUT2D eigenvalue weighted by molar-refractivity contribution is 0.143. The minimum atomic E-state index is -0.0508. The quantitative estimate of drug-likeness (QED) is 0.909. The van der Waals surface area contributed by atoms with Gasteiger partial charge in [0.05, 0.1) is 6.61 Å². The van der Waals surface area contributed by atoms with E-state index in [1.165, 1.54) is 5.56 Å². The van der Waals surface area contributed by atoms with Crippen molar-refractivity contribution in [3.05, 3.63) is 54.4 Å². The largest absolute Gasteiger partial charge is 0.494 e. The number of amides is 2. The average molecular weight is 340 g/mol. The van der Waals surface area contributed by atoms with Gasteiger partial charge < -0.3 is 15.0 Å². The van der Waals surface area contributed by atoms with E-state index in [-0.39, 0.29) is 6.03 Å². The number of pyridine rings is 1. The van der Waals surface area contributed by atoms with E-state index < -0.39 is 0 Å². The first-order chi connectivity index (χ1) is 12.2. The van der Waals surface area contributed by atoms with Crippen molar-refractivity contribution in [1.29, 1.82) is 0 Å². The molecule has 2 heterocycles. The normalized spacial score (nSPS) is 15.0. The number of nitrogens with zero attached hydrogens (tertiary/aromatic N) is 3. The fraction of sp³-hybridized carbons (Fsp3) is 0.368. The van der Waals surface area contributed by atoms with Crippen molar-refractivity contribution < 1.29 is 9.53 Å². The highest BCUT2D eigenvalue weighted by atomic mass is 16.5. The number of benzene rings is 1. The Morgan fingerprint density at radius 2 is 1.92 bits per heavy atom. The monoisotopic (exact) mass is 340 g/mol. The van der Waals surface area contributed by atoms with Crippen molar-refractivity contribution in [2.75, 3.05) is 38.1 Å². The fourth-order valence-electron chi connectivity index (χ4n) is 2.86. The third-order valence-electron chi connectivity index (χ3n) is 4.21. The Hall–Kier alpha value is -2.60. The summed E-state index contributed by atoms with van der Waals surface area (Å²) in [4.78, 5) is 20.7. The first kappa shape index (κ1) is 17.2. The topological polar surface area (TPSA) is 57.7 Å². The minimum Gasteiger partial charge on any atom is -0.494 e. The maximum atomic E-state index is 12.4. The highest BCUT2D eigenvalue weighted by Crippen LogP contribution is 2.16. The summed E-state index contributed by atoms with van der Waals surface area (Å²) in [5.41, 5.74) is 1.99. The Labute approximate surface area is 148 Å². The highest BCUT2D eigenvalue weighted by Gasteiger charge is 2.21. The Morgan fingerprint density at radius 1 is 1.16 bits per heavy atom. The predicted octanol–water partition coefficient (Wildman–Crippen LogP) is 2.83. The molecule has 1 saturated heterocycles. The Kier molecular flexibility index (Phi) is 5.85. The third kappa shape index (κ3) is 4.93. The molecule has 1 N–H and O–H groups in total. The van der Waals surface area contributed by atoms with Gasteiger partial charge in [-0.1, -0.05) is 6.07 Å². The van der Waals surface area contributed by atoms with Crippen molar-refractivity contribution in [3.8, 4) is 5.75 Å². The lowest BCUT2D eigenvalue weighted by Crippen LogP contribution is -2.49. The van der Waals surface area contributed by atoms with Crippen LogP contribution in [0.15, 0.2) is 48.8 Å². The van der Waals surface area contributed by atoms with Crippen LogP contribution in [0.2, 0.25) is 0 Å². The van der Waals surface area contributed by atoms with Crippen molar-refractivity contribution in [2.45, 2.75) is 13.5 Å². The number of carbonyl (C=O) groups excluding carboxylic acids is 1. The van der Waals surface area contributed by atoms with E-state index in [2.05, 4.69) is 21.3 Å². The first-order valence-electron chi connectivity index (χ1n) is 8.64. The van der Waals surface area contributed by atoms with Crippen molar-refractivity contribution in [1.82, 2.24) is 14.8 Å². The van der Waals surface area contributed by atoms with E-state index in [0.717, 1.165) is 44.2 Å². The Bertz CT molecular complexity index is 668. The van der Waals surface area contributed by atoms with Gasteiger partial charge in [-0.3, -0.25) is 9.88 Å². The molecule has 1 aromatic carbocycles. The molecule has 0 spiro atoms. The molecule has 0 saturated carbocycles. The van der Waals surface area contributed by atoms with Gasteiger partial charge in [0, 0.05) is 50.8 Å². The number of aromatic nitrogens is 1. The summed E-state index contributed by atoms with van der Waals surface area (Å²) in [6.45, 7) is 6.64. The molecule has 0 radical (unpaired) electrons. The molecule has 132 valence electrons. The Balaban J connectivity index is 1.46. The lowest BCUT2D eigenvalue weighted by atomic mass is 10.2. The number of hydrogen-bond acceptors (Lipinski definition) is 4. The van der Waals surface area contributed by atoms with Gasteiger partial charge in [-0.15, -0.1) is 0 Å². The molecule has 3 rings (SSSR count). The van der Waals surface area contributed by atoms with Gasteiger partial charge in [0.2, 0.25) is 0 Å². The van der Waals surface area contributed by atoms with Crippen LogP contribution in [0, 0.1) is 0 Å². The van der Waals surface area contributed by atoms with Crippen LogP contribution in [-0.2, 0) is 6.54 Å². The van der Waals surface area contributed by atoms with Crippen LogP contribution in [0.4, 0.5) is 10.5 Å². The van der Waals surface area contributed by atoms with Gasteiger partial charge in [0.25, 0.3) is 0 Å². The van der Waals surface area contributed by atoms with E-state index in [9.17, 15) is 4.79 Å². The summed E-state index contributed by atoms with van der Waals surface area (Å²) >= 11 is 0. The van der Waals surface area contributed by atoms with Crippen LogP contribution in [0.25, 0.3) is 0 Å². The number of anilines is 1. The van der Waals surface area contributed by atoms with Crippen molar-refractivity contribution in [2.24, 2.45) is 0 Å².